The highest BCUT2D eigenvalue weighted by molar-refractivity contribution is 7.91. The Morgan fingerprint density at radius 2 is 1.76 bits per heavy atom. The maximum absolute atomic E-state index is 12.7. The molecule has 1 heterocycles. The Hall–Kier alpha value is -3.63. The zero-order chi connectivity index (χ0) is 33.7. The van der Waals surface area contributed by atoms with Gasteiger partial charge in [0.1, 0.15) is 12.6 Å². The standard InChI is InChI=1S/C29H37Cl2N7O7S/c1-29(2,32)28(41)34-24(19-44-18-20-15-22(30)17-23(31)16-20)26-35-36-37-38(26)11-6-9-25(39)33-10-13-46(42,43)14-12-45-27(40)21-7-4-3-5-8-21/h3-5,7-8,15-17,24H,6,9-14,18-19,32H2,1-2H3,(H,33,39)(H,34,41). The van der Waals surface area contributed by atoms with Crippen LogP contribution in [0.5, 0.6) is 0 Å². The molecule has 0 radical (unpaired) electrons. The predicted molar refractivity (Wildman–Crippen MR) is 171 cm³/mol. The molecule has 2 amide bonds. The lowest BCUT2D eigenvalue weighted by Gasteiger charge is -2.24. The second kappa shape index (κ2) is 17.3. The Morgan fingerprint density at radius 3 is 2.43 bits per heavy atom. The first-order chi connectivity index (χ1) is 21.7. The van der Waals surface area contributed by atoms with Gasteiger partial charge >= 0.3 is 5.97 Å². The van der Waals surface area contributed by atoms with Crippen molar-refractivity contribution in [2.75, 3.05) is 31.3 Å². The molecule has 0 aliphatic carbocycles. The number of nitrogens with two attached hydrogens (primary N) is 1. The van der Waals surface area contributed by atoms with Gasteiger partial charge in [-0.1, -0.05) is 41.4 Å². The quantitative estimate of drug-likeness (QED) is 0.165. The van der Waals surface area contributed by atoms with Crippen LogP contribution >= 0.6 is 23.2 Å². The van der Waals surface area contributed by atoms with Gasteiger partial charge < -0.3 is 25.8 Å². The Morgan fingerprint density at radius 1 is 1.07 bits per heavy atom. The minimum absolute atomic E-state index is 0.00720. The van der Waals surface area contributed by atoms with Crippen LogP contribution in [0.3, 0.4) is 0 Å². The van der Waals surface area contributed by atoms with Crippen molar-refractivity contribution in [1.82, 2.24) is 30.8 Å². The number of nitrogens with zero attached hydrogens (tertiary/aromatic N) is 4. The molecule has 0 bridgehead atoms. The van der Waals surface area contributed by atoms with Crippen LogP contribution in [-0.4, -0.2) is 83.2 Å². The third-order valence-corrected chi connectivity index (χ3v) is 8.43. The summed E-state index contributed by atoms with van der Waals surface area (Å²) in [6.07, 6.45) is 0.379. The summed E-state index contributed by atoms with van der Waals surface area (Å²) >= 11 is 12.1. The van der Waals surface area contributed by atoms with Crippen molar-refractivity contribution in [3.05, 3.63) is 75.5 Å². The molecule has 4 N–H and O–H groups in total. The van der Waals surface area contributed by atoms with Crippen molar-refractivity contribution in [1.29, 1.82) is 0 Å². The molecule has 0 aliphatic rings. The number of carbonyl (C=O) groups is 3. The van der Waals surface area contributed by atoms with Crippen LogP contribution < -0.4 is 16.4 Å². The number of rotatable bonds is 18. The molecule has 0 saturated heterocycles. The van der Waals surface area contributed by atoms with Crippen molar-refractivity contribution in [2.45, 2.75) is 51.4 Å². The van der Waals surface area contributed by atoms with Gasteiger partial charge in [-0.2, -0.15) is 0 Å². The lowest BCUT2D eigenvalue weighted by molar-refractivity contribution is -0.126. The molecule has 1 unspecified atom stereocenters. The van der Waals surface area contributed by atoms with E-state index in [0.29, 0.717) is 27.9 Å². The Balaban J connectivity index is 1.46. The summed E-state index contributed by atoms with van der Waals surface area (Å²) in [5, 5.41) is 18.1. The van der Waals surface area contributed by atoms with E-state index in [-0.39, 0.29) is 56.7 Å². The molecule has 14 nitrogen and oxygen atoms in total. The largest absolute Gasteiger partial charge is 0.461 e. The Labute approximate surface area is 277 Å². The van der Waals surface area contributed by atoms with E-state index in [1.165, 1.54) is 4.68 Å². The van der Waals surface area contributed by atoms with E-state index in [2.05, 4.69) is 26.2 Å². The normalized spacial score (nSPS) is 12.4. The first-order valence-corrected chi connectivity index (χ1v) is 16.9. The number of hydrogen-bond acceptors (Lipinski definition) is 11. The summed E-state index contributed by atoms with van der Waals surface area (Å²) < 4.78 is 36.9. The molecule has 1 aromatic heterocycles. The maximum atomic E-state index is 12.7. The number of aromatic nitrogens is 4. The molecule has 1 atom stereocenters. The number of nitrogens with one attached hydrogen (secondary N) is 2. The smallest absolute Gasteiger partial charge is 0.338 e. The highest BCUT2D eigenvalue weighted by atomic mass is 35.5. The number of aryl methyl sites for hydroxylation is 1. The Bertz CT molecular complexity index is 1560. The van der Waals surface area contributed by atoms with Gasteiger partial charge in [-0.15, -0.1) is 5.10 Å². The number of hydrogen-bond donors (Lipinski definition) is 3. The van der Waals surface area contributed by atoms with Crippen LogP contribution in [0.1, 0.15) is 54.5 Å². The van der Waals surface area contributed by atoms with E-state index in [4.69, 9.17) is 38.4 Å². The van der Waals surface area contributed by atoms with Crippen molar-refractivity contribution in [3.8, 4) is 0 Å². The van der Waals surface area contributed by atoms with Crippen LogP contribution in [0.25, 0.3) is 0 Å². The number of tetrazole rings is 1. The number of benzene rings is 2. The van der Waals surface area contributed by atoms with Crippen molar-refractivity contribution in [2.24, 2.45) is 5.73 Å². The molecular weight excluding hydrogens is 661 g/mol. The summed E-state index contributed by atoms with van der Waals surface area (Å²) in [4.78, 5) is 37.0. The average Bonchev–Trinajstić information content (AvgIpc) is 3.44. The van der Waals surface area contributed by atoms with Crippen LogP contribution in [0.15, 0.2) is 48.5 Å². The Kier molecular flexibility index (Phi) is 13.9. The predicted octanol–water partition coefficient (Wildman–Crippen LogP) is 2.26. The maximum Gasteiger partial charge on any atom is 0.338 e. The molecule has 0 saturated carbocycles. The topological polar surface area (TPSA) is 197 Å². The van der Waals surface area contributed by atoms with Crippen LogP contribution in [-0.2, 0) is 42.1 Å². The lowest BCUT2D eigenvalue weighted by Crippen LogP contribution is -2.51. The number of amides is 2. The van der Waals surface area contributed by atoms with Crippen LogP contribution in [0, 0.1) is 0 Å². The number of esters is 1. The van der Waals surface area contributed by atoms with E-state index in [1.54, 1.807) is 62.4 Å². The number of halogens is 2. The van der Waals surface area contributed by atoms with E-state index in [0.717, 1.165) is 5.56 Å². The fraction of sp³-hybridized carbons (Fsp3) is 0.448. The van der Waals surface area contributed by atoms with E-state index in [1.807, 2.05) is 0 Å². The van der Waals surface area contributed by atoms with Gasteiger partial charge in [0.2, 0.25) is 11.8 Å². The highest BCUT2D eigenvalue weighted by Crippen LogP contribution is 2.20. The van der Waals surface area contributed by atoms with Gasteiger partial charge in [0.05, 0.1) is 35.8 Å². The summed E-state index contributed by atoms with van der Waals surface area (Å²) in [6, 6.07) is 12.5. The molecule has 250 valence electrons. The minimum atomic E-state index is -3.57. The monoisotopic (exact) mass is 697 g/mol. The van der Waals surface area contributed by atoms with E-state index in [9.17, 15) is 22.8 Å². The molecule has 46 heavy (non-hydrogen) atoms. The third-order valence-electron chi connectivity index (χ3n) is 6.38. The molecule has 0 fully saturated rings. The zero-order valence-corrected chi connectivity index (χ0v) is 27.8. The van der Waals surface area contributed by atoms with Crippen molar-refractivity contribution < 1.29 is 32.3 Å². The minimum Gasteiger partial charge on any atom is -0.461 e. The van der Waals surface area contributed by atoms with Gasteiger partial charge in [-0.25, -0.2) is 17.9 Å². The molecule has 0 aliphatic heterocycles. The number of sulfone groups is 1. The summed E-state index contributed by atoms with van der Waals surface area (Å²) in [5.41, 5.74) is 5.84. The SMILES string of the molecule is CC(C)(N)C(=O)NC(COCc1cc(Cl)cc(Cl)c1)c1nnnn1CCCC(=O)NCCS(=O)(=O)CCOC(=O)c1ccccc1. The summed E-state index contributed by atoms with van der Waals surface area (Å²) in [7, 11) is -3.57. The van der Waals surface area contributed by atoms with Crippen LogP contribution in [0.2, 0.25) is 10.0 Å². The van der Waals surface area contributed by atoms with E-state index >= 15 is 0 Å². The fourth-order valence-electron chi connectivity index (χ4n) is 3.98. The molecule has 3 rings (SSSR count). The second-order valence-electron chi connectivity index (χ2n) is 10.9. The van der Waals surface area contributed by atoms with Gasteiger partial charge in [0, 0.05) is 29.6 Å². The molecule has 0 spiro atoms. The van der Waals surface area contributed by atoms with Crippen LogP contribution in [0.4, 0.5) is 0 Å². The number of ether oxygens (including phenoxy) is 2. The molecule has 2 aromatic carbocycles. The molecule has 3 aromatic rings. The first-order valence-electron chi connectivity index (χ1n) is 14.3. The number of carbonyl (C=O) groups excluding carboxylic acids is 3. The third kappa shape index (κ3) is 12.6. The first kappa shape index (κ1) is 36.8. The van der Waals surface area contributed by atoms with Crippen molar-refractivity contribution >= 4 is 50.8 Å². The lowest BCUT2D eigenvalue weighted by atomic mass is 10.1. The van der Waals surface area contributed by atoms with E-state index < -0.39 is 33.3 Å². The zero-order valence-electron chi connectivity index (χ0n) is 25.4. The van der Waals surface area contributed by atoms with Crippen molar-refractivity contribution in [3.63, 3.8) is 0 Å². The van der Waals surface area contributed by atoms with Gasteiger partial charge in [-0.3, -0.25) is 9.59 Å². The van der Waals surface area contributed by atoms with Gasteiger partial charge in [0.15, 0.2) is 15.7 Å². The average molecular weight is 699 g/mol. The highest BCUT2D eigenvalue weighted by Gasteiger charge is 2.28. The molecular formula is C29H37Cl2N7O7S. The molecule has 17 heteroatoms. The fourth-order valence-corrected chi connectivity index (χ4v) is 5.50. The second-order valence-corrected chi connectivity index (χ2v) is 14.1. The van der Waals surface area contributed by atoms with Gasteiger partial charge in [-0.05, 0) is 66.6 Å². The summed E-state index contributed by atoms with van der Waals surface area (Å²) in [5.74, 6) is -1.80. The summed E-state index contributed by atoms with van der Waals surface area (Å²) in [6.45, 7) is 3.10. The van der Waals surface area contributed by atoms with Gasteiger partial charge in [0.25, 0.3) is 0 Å².